The quantitative estimate of drug-likeness (QED) is 0.552. The maximum absolute atomic E-state index is 12.5. The van der Waals surface area contributed by atoms with Crippen molar-refractivity contribution in [3.8, 4) is 0 Å². The number of esters is 2. The predicted molar refractivity (Wildman–Crippen MR) is 108 cm³/mol. The molecule has 0 aliphatic heterocycles. The number of hydrogen-bond donors (Lipinski definition) is 1. The topological polar surface area (TPSA) is 91.3 Å². The molecule has 0 saturated carbocycles. The minimum absolute atomic E-state index is 0.349. The molecule has 1 aliphatic rings. The molecule has 7 heteroatoms. The maximum atomic E-state index is 12.5. The summed E-state index contributed by atoms with van der Waals surface area (Å²) in [7, 11) is 2.80. The first kappa shape index (κ1) is 21.7. The van der Waals surface area contributed by atoms with E-state index in [9.17, 15) is 14.7 Å². The van der Waals surface area contributed by atoms with Gasteiger partial charge in [-0.15, -0.1) is 0 Å². The van der Waals surface area contributed by atoms with Crippen molar-refractivity contribution in [3.05, 3.63) is 83.9 Å². The molecule has 0 amide bonds. The lowest BCUT2D eigenvalue weighted by atomic mass is 9.82. The van der Waals surface area contributed by atoms with E-state index < -0.39 is 42.5 Å². The Labute approximate surface area is 174 Å². The lowest BCUT2D eigenvalue weighted by molar-refractivity contribution is -0.199. The number of ether oxygens (including phenoxy) is 4. The fourth-order valence-corrected chi connectivity index (χ4v) is 3.42. The number of carbonyl (C=O) groups excluding carboxylic acids is 2. The lowest BCUT2D eigenvalue weighted by Gasteiger charge is -2.43. The summed E-state index contributed by atoms with van der Waals surface area (Å²) in [5.74, 6) is -1.16. The van der Waals surface area contributed by atoms with Crippen molar-refractivity contribution in [3.63, 3.8) is 0 Å². The number of benzene rings is 2. The standard InChI is InChI=1S/C23H24O7/c1-27-19-14-13-18(30-22(25)17-11-7-4-8-12-17)20(28-2)23(19,26)15-29-21(24)16-9-5-3-6-10-16/h3-14,18-20,26H,15H2,1-2H3/t18-,19+,20-,23+/m1/s1. The molecule has 0 heterocycles. The smallest absolute Gasteiger partial charge is 0.338 e. The van der Waals surface area contributed by atoms with Gasteiger partial charge >= 0.3 is 11.9 Å². The molecule has 0 radical (unpaired) electrons. The van der Waals surface area contributed by atoms with Crippen LogP contribution < -0.4 is 0 Å². The van der Waals surface area contributed by atoms with E-state index in [4.69, 9.17) is 18.9 Å². The van der Waals surface area contributed by atoms with Crippen LogP contribution in [-0.4, -0.2) is 61.8 Å². The summed E-state index contributed by atoms with van der Waals surface area (Å²) in [6.07, 6.45) is 0.391. The van der Waals surface area contributed by atoms with Crippen LogP contribution in [0.15, 0.2) is 72.8 Å². The maximum Gasteiger partial charge on any atom is 0.338 e. The van der Waals surface area contributed by atoms with Crippen LogP contribution in [0.25, 0.3) is 0 Å². The Hall–Kier alpha value is -3.00. The molecule has 0 aromatic heterocycles. The molecule has 2 aromatic rings. The third-order valence-corrected chi connectivity index (χ3v) is 4.96. The molecule has 0 unspecified atom stereocenters. The van der Waals surface area contributed by atoms with Gasteiger partial charge in [0.25, 0.3) is 0 Å². The van der Waals surface area contributed by atoms with E-state index in [0.717, 1.165) is 0 Å². The molecule has 2 aromatic carbocycles. The summed E-state index contributed by atoms with van der Waals surface area (Å²) in [5, 5.41) is 11.4. The van der Waals surface area contributed by atoms with Gasteiger partial charge in [0.2, 0.25) is 0 Å². The van der Waals surface area contributed by atoms with Crippen LogP contribution in [0.2, 0.25) is 0 Å². The molecule has 0 bridgehead atoms. The molecule has 30 heavy (non-hydrogen) atoms. The second-order valence-electron chi connectivity index (χ2n) is 6.87. The summed E-state index contributed by atoms with van der Waals surface area (Å²) in [6.45, 7) is -0.415. The highest BCUT2D eigenvalue weighted by molar-refractivity contribution is 5.90. The van der Waals surface area contributed by atoms with Crippen LogP contribution in [-0.2, 0) is 18.9 Å². The highest BCUT2D eigenvalue weighted by Crippen LogP contribution is 2.31. The Morgan fingerprint density at radius 2 is 1.43 bits per heavy atom. The first-order valence-corrected chi connectivity index (χ1v) is 9.44. The number of rotatable bonds is 7. The van der Waals surface area contributed by atoms with E-state index in [1.165, 1.54) is 14.2 Å². The SMILES string of the molecule is CO[C@H]1C=C[C@@H](OC(=O)c2ccccc2)[C@@H](OC)[C@]1(O)COC(=O)c1ccccc1. The Bertz CT molecular complexity index is 881. The fraction of sp³-hybridized carbons (Fsp3) is 0.304. The Morgan fingerprint density at radius 3 is 1.97 bits per heavy atom. The van der Waals surface area contributed by atoms with Crippen LogP contribution >= 0.6 is 0 Å². The summed E-state index contributed by atoms with van der Waals surface area (Å²) < 4.78 is 21.7. The molecular weight excluding hydrogens is 388 g/mol. The average Bonchev–Trinajstić information content (AvgIpc) is 2.79. The monoisotopic (exact) mass is 412 g/mol. The largest absolute Gasteiger partial charge is 0.459 e. The normalized spacial score (nSPS) is 25.5. The number of methoxy groups -OCH3 is 2. The zero-order valence-corrected chi connectivity index (χ0v) is 16.8. The van der Waals surface area contributed by atoms with Gasteiger partial charge in [-0.05, 0) is 30.3 Å². The average molecular weight is 412 g/mol. The Morgan fingerprint density at radius 1 is 0.867 bits per heavy atom. The molecule has 3 rings (SSSR count). The second-order valence-corrected chi connectivity index (χ2v) is 6.87. The molecular formula is C23H24O7. The van der Waals surface area contributed by atoms with Crippen molar-refractivity contribution in [1.82, 2.24) is 0 Å². The van der Waals surface area contributed by atoms with Gasteiger partial charge in [-0.2, -0.15) is 0 Å². The Kier molecular flexibility index (Phi) is 6.99. The minimum Gasteiger partial charge on any atom is -0.459 e. The highest BCUT2D eigenvalue weighted by atomic mass is 16.6. The van der Waals surface area contributed by atoms with Crippen LogP contribution in [0.5, 0.6) is 0 Å². The molecule has 0 fully saturated rings. The van der Waals surface area contributed by atoms with Gasteiger partial charge in [-0.3, -0.25) is 0 Å². The number of carbonyl (C=O) groups is 2. The van der Waals surface area contributed by atoms with Gasteiger partial charge < -0.3 is 24.1 Å². The van der Waals surface area contributed by atoms with Crippen LogP contribution in [0, 0.1) is 0 Å². The molecule has 1 N–H and O–H groups in total. The molecule has 0 saturated heterocycles. The fourth-order valence-electron chi connectivity index (χ4n) is 3.42. The third kappa shape index (κ3) is 4.59. The van der Waals surface area contributed by atoms with Crippen molar-refractivity contribution in [1.29, 1.82) is 0 Å². The summed E-state index contributed by atoms with van der Waals surface area (Å²) in [4.78, 5) is 24.8. The highest BCUT2D eigenvalue weighted by Gasteiger charge is 2.52. The van der Waals surface area contributed by atoms with E-state index >= 15 is 0 Å². The number of aliphatic hydroxyl groups is 1. The zero-order valence-electron chi connectivity index (χ0n) is 16.8. The molecule has 1 aliphatic carbocycles. The van der Waals surface area contributed by atoms with Crippen LogP contribution in [0.3, 0.4) is 0 Å². The third-order valence-electron chi connectivity index (χ3n) is 4.96. The van der Waals surface area contributed by atoms with E-state index in [1.54, 1.807) is 72.8 Å². The van der Waals surface area contributed by atoms with Gasteiger partial charge in [0.15, 0.2) is 5.60 Å². The summed E-state index contributed by atoms with van der Waals surface area (Å²) in [6, 6.07) is 16.9. The molecule has 0 spiro atoms. The van der Waals surface area contributed by atoms with Crippen molar-refractivity contribution in [2.45, 2.75) is 23.9 Å². The van der Waals surface area contributed by atoms with Crippen molar-refractivity contribution in [2.75, 3.05) is 20.8 Å². The number of hydrogen-bond acceptors (Lipinski definition) is 7. The van der Waals surface area contributed by atoms with Crippen molar-refractivity contribution >= 4 is 11.9 Å². The minimum atomic E-state index is -1.77. The first-order valence-electron chi connectivity index (χ1n) is 9.44. The van der Waals surface area contributed by atoms with E-state index in [0.29, 0.717) is 11.1 Å². The van der Waals surface area contributed by atoms with Crippen molar-refractivity contribution in [2.24, 2.45) is 0 Å². The molecule has 7 nitrogen and oxygen atoms in total. The van der Waals surface area contributed by atoms with Gasteiger partial charge in [0.1, 0.15) is 24.9 Å². The van der Waals surface area contributed by atoms with Gasteiger partial charge in [-0.25, -0.2) is 9.59 Å². The van der Waals surface area contributed by atoms with Gasteiger partial charge in [-0.1, -0.05) is 42.5 Å². The Balaban J connectivity index is 1.78. The van der Waals surface area contributed by atoms with Gasteiger partial charge in [0, 0.05) is 14.2 Å². The summed E-state index contributed by atoms with van der Waals surface area (Å²) >= 11 is 0. The second kappa shape index (κ2) is 9.67. The van der Waals surface area contributed by atoms with E-state index in [-0.39, 0.29) is 0 Å². The first-order chi connectivity index (χ1) is 14.5. The van der Waals surface area contributed by atoms with Crippen LogP contribution in [0.4, 0.5) is 0 Å². The van der Waals surface area contributed by atoms with Crippen LogP contribution in [0.1, 0.15) is 20.7 Å². The lowest BCUT2D eigenvalue weighted by Crippen LogP contribution is -2.63. The van der Waals surface area contributed by atoms with E-state index in [1.807, 2.05) is 0 Å². The molecule has 158 valence electrons. The summed E-state index contributed by atoms with van der Waals surface area (Å²) in [5.41, 5.74) is -1.05. The van der Waals surface area contributed by atoms with Gasteiger partial charge in [0.05, 0.1) is 11.1 Å². The van der Waals surface area contributed by atoms with Crippen molar-refractivity contribution < 1.29 is 33.6 Å². The van der Waals surface area contributed by atoms with E-state index in [2.05, 4.69) is 0 Å². The molecule has 4 atom stereocenters. The predicted octanol–water partition coefficient (Wildman–Crippen LogP) is 2.40. The zero-order chi connectivity index (χ0) is 21.6.